The van der Waals surface area contributed by atoms with E-state index in [9.17, 15) is 10.2 Å². The molecule has 0 spiro atoms. The SMILES string of the molecule is OC[C@@H](O)[C@H](O)[C@H](O)CC1SCCCS1. The van der Waals surface area contributed by atoms with Crippen molar-refractivity contribution < 1.29 is 20.4 Å². The first kappa shape index (κ1) is 13.6. The summed E-state index contributed by atoms with van der Waals surface area (Å²) in [6, 6.07) is 0. The van der Waals surface area contributed by atoms with Crippen molar-refractivity contribution in [3.8, 4) is 0 Å². The quantitative estimate of drug-likeness (QED) is 0.537. The van der Waals surface area contributed by atoms with E-state index in [4.69, 9.17) is 10.2 Å². The predicted molar refractivity (Wildman–Crippen MR) is 63.0 cm³/mol. The summed E-state index contributed by atoms with van der Waals surface area (Å²) in [5.41, 5.74) is 0. The highest BCUT2D eigenvalue weighted by Gasteiger charge is 2.27. The van der Waals surface area contributed by atoms with Crippen molar-refractivity contribution in [3.05, 3.63) is 0 Å². The molecule has 0 aromatic heterocycles. The van der Waals surface area contributed by atoms with Gasteiger partial charge in [-0.05, 0) is 24.3 Å². The van der Waals surface area contributed by atoms with Crippen molar-refractivity contribution in [3.63, 3.8) is 0 Å². The van der Waals surface area contributed by atoms with Crippen molar-refractivity contribution in [2.24, 2.45) is 0 Å². The second-order valence-electron chi connectivity index (χ2n) is 3.57. The molecule has 0 radical (unpaired) electrons. The largest absolute Gasteiger partial charge is 0.394 e. The second-order valence-corrected chi connectivity index (χ2v) is 6.49. The molecule has 1 saturated heterocycles. The van der Waals surface area contributed by atoms with E-state index in [-0.39, 0.29) is 4.58 Å². The van der Waals surface area contributed by atoms with Gasteiger partial charge in [0, 0.05) is 0 Å². The lowest BCUT2D eigenvalue weighted by atomic mass is 10.1. The molecule has 4 N–H and O–H groups in total. The molecule has 4 nitrogen and oxygen atoms in total. The van der Waals surface area contributed by atoms with Gasteiger partial charge in [-0.15, -0.1) is 23.5 Å². The van der Waals surface area contributed by atoms with E-state index < -0.39 is 24.9 Å². The second kappa shape index (κ2) is 6.98. The van der Waals surface area contributed by atoms with Gasteiger partial charge in [0.15, 0.2) is 0 Å². The van der Waals surface area contributed by atoms with E-state index in [1.54, 1.807) is 23.5 Å². The molecule has 1 heterocycles. The minimum atomic E-state index is -1.25. The van der Waals surface area contributed by atoms with Gasteiger partial charge in [-0.1, -0.05) is 0 Å². The van der Waals surface area contributed by atoms with E-state index in [1.165, 1.54) is 6.42 Å². The first-order chi connectivity index (χ1) is 7.15. The van der Waals surface area contributed by atoms with Gasteiger partial charge in [0.1, 0.15) is 12.2 Å². The minimum Gasteiger partial charge on any atom is -0.394 e. The summed E-state index contributed by atoms with van der Waals surface area (Å²) in [4.78, 5) is 0. The van der Waals surface area contributed by atoms with Crippen LogP contribution in [0, 0.1) is 0 Å². The van der Waals surface area contributed by atoms with Crippen LogP contribution in [0.4, 0.5) is 0 Å². The van der Waals surface area contributed by atoms with E-state index >= 15 is 0 Å². The van der Waals surface area contributed by atoms with Crippen LogP contribution in [0.25, 0.3) is 0 Å². The Balaban J connectivity index is 2.29. The maximum absolute atomic E-state index is 9.62. The van der Waals surface area contributed by atoms with Crippen LogP contribution in [-0.4, -0.2) is 61.4 Å². The Bertz CT molecular complexity index is 175. The first-order valence-electron chi connectivity index (χ1n) is 5.03. The third-order valence-electron chi connectivity index (χ3n) is 2.31. The highest BCUT2D eigenvalue weighted by atomic mass is 32.2. The Hall–Kier alpha value is 0.540. The van der Waals surface area contributed by atoms with Crippen molar-refractivity contribution >= 4 is 23.5 Å². The number of hydrogen-bond acceptors (Lipinski definition) is 6. The molecule has 0 aliphatic carbocycles. The molecule has 1 aliphatic rings. The molecule has 3 atom stereocenters. The van der Waals surface area contributed by atoms with Crippen LogP contribution in [0.3, 0.4) is 0 Å². The van der Waals surface area contributed by atoms with Gasteiger partial charge in [0.25, 0.3) is 0 Å². The average Bonchev–Trinajstić information content (AvgIpc) is 2.28. The molecule has 90 valence electrons. The summed E-state index contributed by atoms with van der Waals surface area (Å²) < 4.78 is 0.286. The molecule has 0 saturated carbocycles. The molecule has 15 heavy (non-hydrogen) atoms. The van der Waals surface area contributed by atoms with E-state index in [0.717, 1.165) is 11.5 Å². The monoisotopic (exact) mass is 254 g/mol. The molecule has 0 aromatic rings. The highest BCUT2D eigenvalue weighted by molar-refractivity contribution is 8.17. The summed E-state index contributed by atoms with van der Waals surface area (Å²) in [6.07, 6.45) is -1.83. The maximum Gasteiger partial charge on any atom is 0.108 e. The van der Waals surface area contributed by atoms with Crippen molar-refractivity contribution in [2.75, 3.05) is 18.1 Å². The van der Waals surface area contributed by atoms with Crippen LogP contribution in [0.2, 0.25) is 0 Å². The number of aliphatic hydroxyl groups is 4. The Morgan fingerprint density at radius 2 is 1.67 bits per heavy atom. The van der Waals surface area contributed by atoms with Crippen LogP contribution >= 0.6 is 23.5 Å². The maximum atomic E-state index is 9.62. The number of aliphatic hydroxyl groups excluding tert-OH is 4. The standard InChI is InChI=1S/C9H18O4S2/c10-5-7(12)9(13)6(11)4-8-14-2-1-3-15-8/h6-13H,1-5H2/t6-,7-,9-/m1/s1. The summed E-state index contributed by atoms with van der Waals surface area (Å²) >= 11 is 3.55. The lowest BCUT2D eigenvalue weighted by Crippen LogP contribution is -2.40. The molecule has 1 fully saturated rings. The third-order valence-corrected chi connectivity index (χ3v) is 5.30. The van der Waals surface area contributed by atoms with Crippen molar-refractivity contribution in [2.45, 2.75) is 35.7 Å². The lowest BCUT2D eigenvalue weighted by Gasteiger charge is -2.27. The molecule has 6 heteroatoms. The fourth-order valence-corrected chi connectivity index (χ4v) is 4.33. The van der Waals surface area contributed by atoms with Gasteiger partial charge in [-0.2, -0.15) is 0 Å². The molecule has 0 bridgehead atoms. The van der Waals surface area contributed by atoms with Crippen LogP contribution < -0.4 is 0 Å². The molecule has 1 rings (SSSR count). The fourth-order valence-electron chi connectivity index (χ4n) is 1.37. The minimum absolute atomic E-state index is 0.286. The van der Waals surface area contributed by atoms with Crippen molar-refractivity contribution in [1.29, 1.82) is 0 Å². The Morgan fingerprint density at radius 1 is 1.07 bits per heavy atom. The van der Waals surface area contributed by atoms with Gasteiger partial charge < -0.3 is 20.4 Å². The van der Waals surface area contributed by atoms with Gasteiger partial charge in [-0.3, -0.25) is 0 Å². The first-order valence-corrected chi connectivity index (χ1v) is 7.13. The summed E-state index contributed by atoms with van der Waals surface area (Å²) in [7, 11) is 0. The van der Waals surface area contributed by atoms with Gasteiger partial charge >= 0.3 is 0 Å². The van der Waals surface area contributed by atoms with Gasteiger partial charge in [0.2, 0.25) is 0 Å². The molecule has 0 amide bonds. The van der Waals surface area contributed by atoms with Crippen LogP contribution in [-0.2, 0) is 0 Å². The zero-order valence-electron chi connectivity index (χ0n) is 8.45. The van der Waals surface area contributed by atoms with E-state index in [0.29, 0.717) is 6.42 Å². The van der Waals surface area contributed by atoms with E-state index in [1.807, 2.05) is 0 Å². The Kier molecular flexibility index (Phi) is 6.33. The van der Waals surface area contributed by atoms with Crippen molar-refractivity contribution in [1.82, 2.24) is 0 Å². The van der Waals surface area contributed by atoms with Gasteiger partial charge in [-0.25, -0.2) is 0 Å². The van der Waals surface area contributed by atoms with Crippen LogP contribution in [0.5, 0.6) is 0 Å². The predicted octanol–water partition coefficient (Wildman–Crippen LogP) is -0.352. The zero-order chi connectivity index (χ0) is 11.3. The zero-order valence-corrected chi connectivity index (χ0v) is 10.1. The Labute approximate surface area is 98.1 Å². The number of hydrogen-bond donors (Lipinski definition) is 4. The summed E-state index contributed by atoms with van der Waals surface area (Å²) in [6.45, 7) is -0.525. The topological polar surface area (TPSA) is 80.9 Å². The molecule has 0 unspecified atom stereocenters. The molecular weight excluding hydrogens is 236 g/mol. The lowest BCUT2D eigenvalue weighted by molar-refractivity contribution is -0.0769. The Morgan fingerprint density at radius 3 is 2.20 bits per heavy atom. The van der Waals surface area contributed by atoms with E-state index in [2.05, 4.69) is 0 Å². The smallest absolute Gasteiger partial charge is 0.108 e. The van der Waals surface area contributed by atoms with Gasteiger partial charge in [0.05, 0.1) is 17.3 Å². The summed E-state index contributed by atoms with van der Waals surface area (Å²) in [5, 5.41) is 36.8. The summed E-state index contributed by atoms with van der Waals surface area (Å²) in [5.74, 6) is 2.17. The molecular formula is C9H18O4S2. The number of rotatable bonds is 5. The molecule has 0 aromatic carbocycles. The third kappa shape index (κ3) is 4.50. The number of thioether (sulfide) groups is 2. The molecule has 1 aliphatic heterocycles. The normalized spacial score (nSPS) is 24.8. The highest BCUT2D eigenvalue weighted by Crippen LogP contribution is 2.34. The average molecular weight is 254 g/mol. The fraction of sp³-hybridized carbons (Fsp3) is 1.00. The van der Waals surface area contributed by atoms with Crippen LogP contribution in [0.1, 0.15) is 12.8 Å². The van der Waals surface area contributed by atoms with Crippen LogP contribution in [0.15, 0.2) is 0 Å².